The zero-order valence-corrected chi connectivity index (χ0v) is 12.2. The lowest BCUT2D eigenvalue weighted by Crippen LogP contribution is -2.50. The lowest BCUT2D eigenvalue weighted by atomic mass is 10.0. The average Bonchev–Trinajstić information content (AvgIpc) is 2.62. The molecule has 0 aromatic heterocycles. The summed E-state index contributed by atoms with van der Waals surface area (Å²) in [7, 11) is 0. The Morgan fingerprint density at radius 2 is 1.84 bits per heavy atom. The van der Waals surface area contributed by atoms with Gasteiger partial charge in [-0.1, -0.05) is 19.8 Å². The second kappa shape index (κ2) is 7.25. The van der Waals surface area contributed by atoms with Crippen LogP contribution in [0.5, 0.6) is 0 Å². The Kier molecular flexibility index (Phi) is 5.64. The first kappa shape index (κ1) is 14.8. The molecule has 2 atom stereocenters. The van der Waals surface area contributed by atoms with Crippen molar-refractivity contribution in [2.75, 3.05) is 32.7 Å². The minimum absolute atomic E-state index is 0.279. The van der Waals surface area contributed by atoms with E-state index >= 15 is 0 Å². The van der Waals surface area contributed by atoms with E-state index in [1.54, 1.807) is 0 Å². The van der Waals surface area contributed by atoms with Gasteiger partial charge in [0.2, 0.25) is 0 Å². The Labute approximate surface area is 116 Å². The van der Waals surface area contributed by atoms with Crippen LogP contribution in [0.25, 0.3) is 0 Å². The maximum absolute atomic E-state index is 10.6. The van der Waals surface area contributed by atoms with E-state index in [1.165, 1.54) is 32.1 Å². The molecule has 1 heterocycles. The maximum atomic E-state index is 10.6. The van der Waals surface area contributed by atoms with Gasteiger partial charge in [0.05, 0.1) is 6.42 Å². The predicted molar refractivity (Wildman–Crippen MR) is 76.3 cm³/mol. The molecule has 4 nitrogen and oxygen atoms in total. The lowest BCUT2D eigenvalue weighted by Gasteiger charge is -2.39. The lowest BCUT2D eigenvalue weighted by molar-refractivity contribution is -0.137. The second-order valence-electron chi connectivity index (χ2n) is 6.29. The molecule has 1 aliphatic carbocycles. The molecule has 2 fully saturated rings. The van der Waals surface area contributed by atoms with E-state index < -0.39 is 5.97 Å². The number of carboxylic acids is 1. The van der Waals surface area contributed by atoms with Crippen LogP contribution in [0.15, 0.2) is 0 Å². The van der Waals surface area contributed by atoms with E-state index in [0.29, 0.717) is 6.54 Å². The van der Waals surface area contributed by atoms with Gasteiger partial charge >= 0.3 is 5.97 Å². The Morgan fingerprint density at radius 3 is 2.53 bits per heavy atom. The summed E-state index contributed by atoms with van der Waals surface area (Å²) in [6.45, 7) is 7.42. The van der Waals surface area contributed by atoms with Gasteiger partial charge in [-0.25, -0.2) is 0 Å². The third-order valence-electron chi connectivity index (χ3n) is 4.79. The van der Waals surface area contributed by atoms with Crippen LogP contribution in [-0.4, -0.2) is 59.6 Å². The summed E-state index contributed by atoms with van der Waals surface area (Å²) in [4.78, 5) is 15.5. The van der Waals surface area contributed by atoms with Crippen LogP contribution in [0, 0.1) is 5.92 Å². The van der Waals surface area contributed by atoms with Crippen molar-refractivity contribution < 1.29 is 9.90 Å². The van der Waals surface area contributed by atoms with E-state index in [2.05, 4.69) is 16.7 Å². The van der Waals surface area contributed by atoms with Gasteiger partial charge in [0, 0.05) is 38.8 Å². The third kappa shape index (κ3) is 4.77. The van der Waals surface area contributed by atoms with E-state index in [-0.39, 0.29) is 6.42 Å². The number of nitrogens with zero attached hydrogens (tertiary/aromatic N) is 2. The highest BCUT2D eigenvalue weighted by Crippen LogP contribution is 2.26. The molecule has 2 aliphatic rings. The molecular formula is C15H28N2O2. The van der Waals surface area contributed by atoms with Gasteiger partial charge in [-0.3, -0.25) is 9.69 Å². The first-order valence-electron chi connectivity index (χ1n) is 7.83. The smallest absolute Gasteiger partial charge is 0.304 e. The first-order chi connectivity index (χ1) is 9.15. The van der Waals surface area contributed by atoms with Crippen molar-refractivity contribution in [2.24, 2.45) is 5.92 Å². The number of rotatable bonds is 4. The highest BCUT2D eigenvalue weighted by Gasteiger charge is 2.25. The summed E-state index contributed by atoms with van der Waals surface area (Å²) in [5, 5.41) is 8.72. The number of carbonyl (C=O) groups is 1. The third-order valence-corrected chi connectivity index (χ3v) is 4.79. The summed E-state index contributed by atoms with van der Waals surface area (Å²) >= 11 is 0. The van der Waals surface area contributed by atoms with Crippen LogP contribution in [0.4, 0.5) is 0 Å². The monoisotopic (exact) mass is 268 g/mol. The fourth-order valence-electron chi connectivity index (χ4n) is 3.44. The fraction of sp³-hybridized carbons (Fsp3) is 0.933. The van der Waals surface area contributed by atoms with Crippen LogP contribution in [0.2, 0.25) is 0 Å². The van der Waals surface area contributed by atoms with Crippen molar-refractivity contribution >= 4 is 5.97 Å². The molecule has 0 amide bonds. The minimum Gasteiger partial charge on any atom is -0.481 e. The summed E-state index contributed by atoms with van der Waals surface area (Å²) in [5.74, 6) is 0.224. The van der Waals surface area contributed by atoms with Crippen molar-refractivity contribution in [3.8, 4) is 0 Å². The zero-order valence-electron chi connectivity index (χ0n) is 12.2. The molecule has 4 heteroatoms. The van der Waals surface area contributed by atoms with Crippen LogP contribution in [0.3, 0.4) is 0 Å². The van der Waals surface area contributed by atoms with Gasteiger partial charge in [0.25, 0.3) is 0 Å². The van der Waals surface area contributed by atoms with Gasteiger partial charge in [-0.2, -0.15) is 0 Å². The van der Waals surface area contributed by atoms with Crippen molar-refractivity contribution in [3.63, 3.8) is 0 Å². The molecule has 0 aromatic carbocycles. The van der Waals surface area contributed by atoms with Gasteiger partial charge < -0.3 is 10.0 Å². The number of piperazine rings is 1. The van der Waals surface area contributed by atoms with Crippen LogP contribution in [-0.2, 0) is 4.79 Å². The molecule has 19 heavy (non-hydrogen) atoms. The highest BCUT2D eigenvalue weighted by atomic mass is 16.4. The Bertz CT molecular complexity index is 288. The largest absolute Gasteiger partial charge is 0.481 e. The molecule has 1 N–H and O–H groups in total. The van der Waals surface area contributed by atoms with Crippen LogP contribution >= 0.6 is 0 Å². The maximum Gasteiger partial charge on any atom is 0.304 e. The molecule has 1 saturated carbocycles. The number of aliphatic carboxylic acids is 1. The Hall–Kier alpha value is -0.610. The molecule has 0 bridgehead atoms. The summed E-state index contributed by atoms with van der Waals surface area (Å²) in [6.07, 6.45) is 7.15. The van der Waals surface area contributed by atoms with E-state index in [4.69, 9.17) is 5.11 Å². The molecule has 110 valence electrons. The molecule has 0 aromatic rings. The van der Waals surface area contributed by atoms with Crippen LogP contribution in [0.1, 0.15) is 45.4 Å². The van der Waals surface area contributed by atoms with Gasteiger partial charge in [0.15, 0.2) is 0 Å². The molecule has 1 saturated heterocycles. The summed E-state index contributed by atoms with van der Waals surface area (Å²) in [5.41, 5.74) is 0. The normalized spacial score (nSPS) is 31.0. The number of hydrogen-bond acceptors (Lipinski definition) is 3. The Balaban J connectivity index is 1.71. The average molecular weight is 268 g/mol. The molecular weight excluding hydrogens is 240 g/mol. The van der Waals surface area contributed by atoms with Crippen molar-refractivity contribution in [1.29, 1.82) is 0 Å². The highest BCUT2D eigenvalue weighted by molar-refractivity contribution is 5.66. The van der Waals surface area contributed by atoms with Crippen molar-refractivity contribution in [2.45, 2.75) is 51.5 Å². The molecule has 1 aliphatic heterocycles. The van der Waals surface area contributed by atoms with Gasteiger partial charge in [-0.15, -0.1) is 0 Å². The van der Waals surface area contributed by atoms with Gasteiger partial charge in [-0.05, 0) is 25.2 Å². The SMILES string of the molecule is CC1CCCC(N2CCN(CCC(=O)O)CC2)CC1. The predicted octanol–water partition coefficient (Wildman–Crippen LogP) is 2.05. The molecule has 0 radical (unpaired) electrons. The summed E-state index contributed by atoms with van der Waals surface area (Å²) < 4.78 is 0. The van der Waals surface area contributed by atoms with E-state index in [1.807, 2.05) is 0 Å². The van der Waals surface area contributed by atoms with Crippen LogP contribution < -0.4 is 0 Å². The topological polar surface area (TPSA) is 43.8 Å². The standard InChI is InChI=1S/C15H28N2O2/c1-13-3-2-4-14(6-5-13)17-11-9-16(10-12-17)8-7-15(18)19/h13-14H,2-12H2,1H3,(H,18,19). The Morgan fingerprint density at radius 1 is 1.11 bits per heavy atom. The second-order valence-corrected chi connectivity index (χ2v) is 6.29. The first-order valence-corrected chi connectivity index (χ1v) is 7.83. The molecule has 2 unspecified atom stereocenters. The minimum atomic E-state index is -0.680. The number of carboxylic acid groups (broad SMARTS) is 1. The van der Waals surface area contributed by atoms with E-state index in [9.17, 15) is 4.79 Å². The quantitative estimate of drug-likeness (QED) is 0.793. The van der Waals surface area contributed by atoms with Crippen molar-refractivity contribution in [1.82, 2.24) is 9.80 Å². The molecule has 0 spiro atoms. The molecule has 2 rings (SSSR count). The fourth-order valence-corrected chi connectivity index (χ4v) is 3.44. The van der Waals surface area contributed by atoms with Gasteiger partial charge in [0.1, 0.15) is 0 Å². The van der Waals surface area contributed by atoms with Crippen molar-refractivity contribution in [3.05, 3.63) is 0 Å². The van der Waals surface area contributed by atoms with E-state index in [0.717, 1.165) is 38.1 Å². The number of hydrogen-bond donors (Lipinski definition) is 1. The summed E-state index contributed by atoms with van der Waals surface area (Å²) in [6, 6.07) is 0.784. The zero-order chi connectivity index (χ0) is 13.7.